The number of nitrogens with one attached hydrogen (secondary N) is 2. The molecule has 2 N–H and O–H groups in total. The van der Waals surface area contributed by atoms with Crippen molar-refractivity contribution in [2.75, 3.05) is 26.2 Å². The van der Waals surface area contributed by atoms with Crippen LogP contribution in [0.5, 0.6) is 0 Å². The molecule has 0 bridgehead atoms. The number of piperidine rings is 2. The van der Waals surface area contributed by atoms with Crippen LogP contribution in [0.4, 0.5) is 4.79 Å². The predicted octanol–water partition coefficient (Wildman–Crippen LogP) is 1.95. The Morgan fingerprint density at radius 1 is 0.960 bits per heavy atom. The number of amides is 3. The minimum Gasteiger partial charge on any atom is -0.353 e. The monoisotopic (exact) mass is 350 g/mol. The van der Waals surface area contributed by atoms with Crippen molar-refractivity contribution >= 4 is 11.9 Å². The Morgan fingerprint density at radius 2 is 1.64 bits per heavy atom. The minimum atomic E-state index is -0.192. The fourth-order valence-electron chi connectivity index (χ4n) is 3.93. The molecule has 0 radical (unpaired) electrons. The topological polar surface area (TPSA) is 64.7 Å². The molecule has 1 saturated carbocycles. The fraction of sp³-hybridized carbons (Fsp3) is 0.895. The van der Waals surface area contributed by atoms with Crippen LogP contribution in [-0.4, -0.2) is 65.5 Å². The molecule has 2 aliphatic heterocycles. The van der Waals surface area contributed by atoms with E-state index in [1.54, 1.807) is 0 Å². The minimum absolute atomic E-state index is 0.0475. The average Bonchev–Trinajstić information content (AvgIpc) is 3.37. The zero-order valence-corrected chi connectivity index (χ0v) is 16.0. The smallest absolute Gasteiger partial charge is 0.317 e. The highest BCUT2D eigenvalue weighted by Crippen LogP contribution is 2.26. The molecular weight excluding hydrogens is 316 g/mol. The Bertz CT molecular complexity index is 490. The normalized spacial score (nSPS) is 26.4. The molecule has 1 atom stereocenters. The lowest BCUT2D eigenvalue weighted by molar-refractivity contribution is -0.127. The summed E-state index contributed by atoms with van der Waals surface area (Å²) in [5, 5.41) is 6.21. The third-order valence-electron chi connectivity index (χ3n) is 5.50. The molecule has 25 heavy (non-hydrogen) atoms. The molecule has 3 amide bonds. The summed E-state index contributed by atoms with van der Waals surface area (Å²) in [4.78, 5) is 29.1. The Hall–Kier alpha value is -1.30. The van der Waals surface area contributed by atoms with E-state index < -0.39 is 0 Å². The SMILES string of the molecule is CC(C)(C)NC(=O)N1CCC(N2CCC[C@@H](C(=O)NC3CC3)C2)CC1. The van der Waals surface area contributed by atoms with Crippen LogP contribution in [0.3, 0.4) is 0 Å². The summed E-state index contributed by atoms with van der Waals surface area (Å²) in [6, 6.07) is 1.01. The maximum absolute atomic E-state index is 12.4. The standard InChI is InChI=1S/C19H34N4O2/c1-19(2,3)21-18(25)22-11-8-16(9-12-22)23-10-4-5-14(13-23)17(24)20-15-6-7-15/h14-16H,4-13H2,1-3H3,(H,20,24)(H,21,25)/t14-/m1/s1. The zero-order valence-electron chi connectivity index (χ0n) is 16.0. The molecule has 6 heteroatoms. The summed E-state index contributed by atoms with van der Waals surface area (Å²) in [7, 11) is 0. The van der Waals surface area contributed by atoms with E-state index in [2.05, 4.69) is 15.5 Å². The first-order chi connectivity index (χ1) is 11.8. The van der Waals surface area contributed by atoms with Crippen LogP contribution in [0.15, 0.2) is 0 Å². The fourth-order valence-corrected chi connectivity index (χ4v) is 3.93. The number of hydrogen-bond donors (Lipinski definition) is 2. The Labute approximate surface area is 151 Å². The van der Waals surface area contributed by atoms with Gasteiger partial charge in [0.2, 0.25) is 5.91 Å². The zero-order chi connectivity index (χ0) is 18.0. The van der Waals surface area contributed by atoms with Gasteiger partial charge in [0.15, 0.2) is 0 Å². The second-order valence-electron chi connectivity index (χ2n) is 9.02. The number of urea groups is 1. The Kier molecular flexibility index (Phi) is 5.56. The highest BCUT2D eigenvalue weighted by atomic mass is 16.2. The van der Waals surface area contributed by atoms with Gasteiger partial charge in [-0.25, -0.2) is 4.79 Å². The van der Waals surface area contributed by atoms with Gasteiger partial charge >= 0.3 is 6.03 Å². The predicted molar refractivity (Wildman–Crippen MR) is 98.3 cm³/mol. The molecule has 3 fully saturated rings. The van der Waals surface area contributed by atoms with Gasteiger partial charge in [0.1, 0.15) is 0 Å². The number of likely N-dealkylation sites (tertiary alicyclic amines) is 2. The average molecular weight is 351 g/mol. The van der Waals surface area contributed by atoms with Crippen molar-refractivity contribution in [3.05, 3.63) is 0 Å². The summed E-state index contributed by atoms with van der Waals surface area (Å²) in [6.45, 7) is 9.63. The third-order valence-corrected chi connectivity index (χ3v) is 5.50. The van der Waals surface area contributed by atoms with Gasteiger partial charge < -0.3 is 15.5 Å². The van der Waals surface area contributed by atoms with E-state index in [9.17, 15) is 9.59 Å². The first kappa shape index (κ1) is 18.5. The van der Waals surface area contributed by atoms with Crippen LogP contribution < -0.4 is 10.6 Å². The number of rotatable bonds is 3. The Morgan fingerprint density at radius 3 is 2.24 bits per heavy atom. The molecule has 0 aromatic heterocycles. The van der Waals surface area contributed by atoms with E-state index in [1.165, 1.54) is 0 Å². The summed E-state index contributed by atoms with van der Waals surface area (Å²) in [5.41, 5.74) is -0.192. The third kappa shape index (κ3) is 5.33. The van der Waals surface area contributed by atoms with Crippen molar-refractivity contribution in [1.29, 1.82) is 0 Å². The van der Waals surface area contributed by atoms with Crippen LogP contribution in [0, 0.1) is 5.92 Å². The van der Waals surface area contributed by atoms with Gasteiger partial charge in [-0.1, -0.05) is 0 Å². The quantitative estimate of drug-likeness (QED) is 0.818. The largest absolute Gasteiger partial charge is 0.353 e. The number of nitrogens with zero attached hydrogens (tertiary/aromatic N) is 2. The van der Waals surface area contributed by atoms with Crippen molar-refractivity contribution in [2.45, 2.75) is 76.9 Å². The second kappa shape index (κ2) is 7.52. The van der Waals surface area contributed by atoms with Crippen LogP contribution in [0.25, 0.3) is 0 Å². The molecule has 3 aliphatic rings. The highest BCUT2D eigenvalue weighted by molar-refractivity contribution is 5.79. The van der Waals surface area contributed by atoms with Crippen molar-refractivity contribution in [3.8, 4) is 0 Å². The van der Waals surface area contributed by atoms with Crippen LogP contribution in [0.1, 0.15) is 59.3 Å². The lowest BCUT2D eigenvalue weighted by Crippen LogP contribution is -2.54. The van der Waals surface area contributed by atoms with Gasteiger partial charge in [-0.15, -0.1) is 0 Å². The molecule has 6 nitrogen and oxygen atoms in total. The summed E-state index contributed by atoms with van der Waals surface area (Å²) in [6.07, 6.45) is 6.44. The van der Waals surface area contributed by atoms with Crippen molar-refractivity contribution in [1.82, 2.24) is 20.4 Å². The summed E-state index contributed by atoms with van der Waals surface area (Å²) < 4.78 is 0. The van der Waals surface area contributed by atoms with Gasteiger partial charge in [0, 0.05) is 37.3 Å². The maximum atomic E-state index is 12.4. The number of carbonyl (C=O) groups excluding carboxylic acids is 2. The molecule has 3 rings (SSSR count). The van der Waals surface area contributed by atoms with E-state index in [4.69, 9.17) is 0 Å². The van der Waals surface area contributed by atoms with Gasteiger partial charge in [-0.05, 0) is 65.8 Å². The van der Waals surface area contributed by atoms with E-state index >= 15 is 0 Å². The van der Waals surface area contributed by atoms with Gasteiger partial charge in [0.05, 0.1) is 5.92 Å². The van der Waals surface area contributed by atoms with Crippen LogP contribution in [0.2, 0.25) is 0 Å². The molecule has 2 heterocycles. The molecule has 1 aliphatic carbocycles. The van der Waals surface area contributed by atoms with Crippen molar-refractivity contribution in [2.24, 2.45) is 5.92 Å². The van der Waals surface area contributed by atoms with Crippen molar-refractivity contribution in [3.63, 3.8) is 0 Å². The van der Waals surface area contributed by atoms with E-state index in [-0.39, 0.29) is 23.4 Å². The lowest BCUT2D eigenvalue weighted by atomic mass is 9.93. The lowest BCUT2D eigenvalue weighted by Gasteiger charge is -2.42. The number of hydrogen-bond acceptors (Lipinski definition) is 3. The maximum Gasteiger partial charge on any atom is 0.317 e. The molecule has 0 unspecified atom stereocenters. The summed E-state index contributed by atoms with van der Waals surface area (Å²) in [5.74, 6) is 0.408. The van der Waals surface area contributed by atoms with E-state index in [1.807, 2.05) is 25.7 Å². The van der Waals surface area contributed by atoms with E-state index in [0.717, 1.165) is 64.7 Å². The molecule has 2 saturated heterocycles. The molecule has 0 spiro atoms. The highest BCUT2D eigenvalue weighted by Gasteiger charge is 2.34. The molecule has 142 valence electrons. The second-order valence-corrected chi connectivity index (χ2v) is 9.02. The van der Waals surface area contributed by atoms with Gasteiger partial charge in [0.25, 0.3) is 0 Å². The molecule has 0 aromatic carbocycles. The number of carbonyl (C=O) groups is 2. The van der Waals surface area contributed by atoms with E-state index in [0.29, 0.717) is 12.1 Å². The Balaban J connectivity index is 1.45. The first-order valence-electron chi connectivity index (χ1n) is 9.93. The summed E-state index contributed by atoms with van der Waals surface area (Å²) >= 11 is 0. The van der Waals surface area contributed by atoms with Crippen molar-refractivity contribution < 1.29 is 9.59 Å². The van der Waals surface area contributed by atoms with Crippen LogP contribution >= 0.6 is 0 Å². The molecular formula is C19H34N4O2. The van der Waals surface area contributed by atoms with Crippen LogP contribution in [-0.2, 0) is 4.79 Å². The van der Waals surface area contributed by atoms with Gasteiger partial charge in [-0.3, -0.25) is 9.69 Å². The first-order valence-corrected chi connectivity index (χ1v) is 9.93. The van der Waals surface area contributed by atoms with Gasteiger partial charge in [-0.2, -0.15) is 0 Å². The molecule has 0 aromatic rings.